The van der Waals surface area contributed by atoms with Crippen molar-refractivity contribution in [1.82, 2.24) is 10.3 Å². The molecule has 3 aromatic rings. The van der Waals surface area contributed by atoms with Crippen LogP contribution in [0.3, 0.4) is 0 Å². The van der Waals surface area contributed by atoms with Crippen molar-refractivity contribution in [1.29, 1.82) is 0 Å². The second kappa shape index (κ2) is 11.9. The van der Waals surface area contributed by atoms with Crippen LogP contribution in [0, 0.1) is 12.7 Å². The Labute approximate surface area is 196 Å². The number of thiazole rings is 1. The van der Waals surface area contributed by atoms with Gasteiger partial charge in [0.2, 0.25) is 11.8 Å². The number of aryl methyl sites for hydroxylation is 1. The van der Waals surface area contributed by atoms with Crippen LogP contribution < -0.4 is 15.0 Å². The maximum atomic E-state index is 14.2. The van der Waals surface area contributed by atoms with Gasteiger partial charge in [0, 0.05) is 24.9 Å². The molecular weight excluding hydrogens is 441 g/mol. The summed E-state index contributed by atoms with van der Waals surface area (Å²) >= 11 is 1.20. The van der Waals surface area contributed by atoms with Gasteiger partial charge in [-0.1, -0.05) is 29.8 Å². The van der Waals surface area contributed by atoms with Gasteiger partial charge >= 0.3 is 0 Å². The highest BCUT2D eigenvalue weighted by molar-refractivity contribution is 7.14. The van der Waals surface area contributed by atoms with Gasteiger partial charge in [0.1, 0.15) is 11.6 Å². The van der Waals surface area contributed by atoms with Crippen molar-refractivity contribution in [2.75, 3.05) is 18.1 Å². The molecule has 0 bridgehead atoms. The number of rotatable bonds is 10. The summed E-state index contributed by atoms with van der Waals surface area (Å²) in [6, 6.07) is 13.9. The second-order valence-corrected chi connectivity index (χ2v) is 8.19. The third-order valence-electron chi connectivity index (χ3n) is 4.67. The Balaban J connectivity index is 1.44. The number of amides is 2. The fourth-order valence-electron chi connectivity index (χ4n) is 2.98. The summed E-state index contributed by atoms with van der Waals surface area (Å²) in [7, 11) is 0. The quantitative estimate of drug-likeness (QED) is 0.326. The highest BCUT2D eigenvalue weighted by atomic mass is 32.1. The molecule has 0 saturated heterocycles. The number of anilines is 2. The lowest BCUT2D eigenvalue weighted by Crippen LogP contribution is -2.23. The monoisotopic (exact) mass is 467 g/mol. The fourth-order valence-corrected chi connectivity index (χ4v) is 3.83. The van der Waals surface area contributed by atoms with Crippen molar-refractivity contribution in [3.05, 3.63) is 77.1 Å². The maximum absolute atomic E-state index is 14.2. The number of ether oxygens (including phenoxy) is 1. The van der Waals surface area contributed by atoms with E-state index < -0.39 is 5.82 Å². The molecule has 0 spiro atoms. The summed E-state index contributed by atoms with van der Waals surface area (Å²) in [4.78, 5) is 29.7. The molecule has 1 heterocycles. The minimum atomic E-state index is -0.511. The maximum Gasteiger partial charge on any atom is 0.244 e. The molecule has 2 amide bonds. The van der Waals surface area contributed by atoms with Crippen LogP contribution in [0.25, 0.3) is 6.08 Å². The first-order valence-corrected chi connectivity index (χ1v) is 11.5. The lowest BCUT2D eigenvalue weighted by atomic mass is 10.2. The standard InChI is InChI=1S/C25H26FN3O3S/c1-18-9-12-21(13-10-18)32-16-6-5-15-27-24(31)14-11-20-17-33-25(28-20)29(19(2)30)23-8-4-3-7-22(23)26/h3-4,7-14,17H,5-6,15-16H2,1-2H3,(H,27,31)/b14-11+. The molecule has 0 fully saturated rings. The average molecular weight is 468 g/mol. The first-order chi connectivity index (χ1) is 15.9. The van der Waals surface area contributed by atoms with Crippen LogP contribution in [0.2, 0.25) is 0 Å². The van der Waals surface area contributed by atoms with Crippen LogP contribution in [0.4, 0.5) is 15.2 Å². The number of nitrogens with one attached hydrogen (secondary N) is 1. The molecule has 0 aliphatic rings. The van der Waals surface area contributed by atoms with E-state index in [4.69, 9.17) is 4.74 Å². The van der Waals surface area contributed by atoms with E-state index >= 15 is 0 Å². The first-order valence-electron chi connectivity index (χ1n) is 10.6. The Morgan fingerprint density at radius 3 is 2.64 bits per heavy atom. The summed E-state index contributed by atoms with van der Waals surface area (Å²) in [6.45, 7) is 4.50. The van der Waals surface area contributed by atoms with Gasteiger partial charge in [-0.3, -0.25) is 14.5 Å². The Hall–Kier alpha value is -3.52. The molecule has 8 heteroatoms. The molecule has 0 saturated carbocycles. The van der Waals surface area contributed by atoms with Gasteiger partial charge in [0.05, 0.1) is 18.0 Å². The summed E-state index contributed by atoms with van der Waals surface area (Å²) in [5.74, 6) is -0.257. The van der Waals surface area contributed by atoms with Crippen molar-refractivity contribution in [3.63, 3.8) is 0 Å². The molecule has 0 aliphatic heterocycles. The van der Waals surface area contributed by atoms with Crippen LogP contribution >= 0.6 is 11.3 Å². The Morgan fingerprint density at radius 2 is 1.91 bits per heavy atom. The summed E-state index contributed by atoms with van der Waals surface area (Å²) in [5, 5.41) is 4.86. The number of benzene rings is 2. The number of halogens is 1. The number of unbranched alkanes of at least 4 members (excludes halogenated alkanes) is 1. The Morgan fingerprint density at radius 1 is 1.15 bits per heavy atom. The van der Waals surface area contributed by atoms with Gasteiger partial charge < -0.3 is 10.1 Å². The van der Waals surface area contributed by atoms with Crippen molar-refractivity contribution < 1.29 is 18.7 Å². The number of hydrogen-bond acceptors (Lipinski definition) is 5. The Bertz CT molecular complexity index is 1110. The molecule has 0 unspecified atom stereocenters. The van der Waals surface area contributed by atoms with Crippen molar-refractivity contribution >= 4 is 40.0 Å². The van der Waals surface area contributed by atoms with E-state index in [1.165, 1.54) is 46.9 Å². The van der Waals surface area contributed by atoms with E-state index in [0.717, 1.165) is 18.6 Å². The van der Waals surface area contributed by atoms with E-state index in [2.05, 4.69) is 10.3 Å². The van der Waals surface area contributed by atoms with Gasteiger partial charge in [-0.15, -0.1) is 11.3 Å². The van der Waals surface area contributed by atoms with Crippen molar-refractivity contribution in [2.24, 2.45) is 0 Å². The molecule has 2 aromatic carbocycles. The molecule has 33 heavy (non-hydrogen) atoms. The molecule has 6 nitrogen and oxygen atoms in total. The van der Waals surface area contributed by atoms with Crippen LogP contribution in [-0.4, -0.2) is 29.9 Å². The SMILES string of the molecule is CC(=O)N(c1nc(/C=C/C(=O)NCCCCOc2ccc(C)cc2)cs1)c1ccccc1F. The molecule has 3 rings (SSSR count). The normalized spacial score (nSPS) is 10.9. The number of aromatic nitrogens is 1. The number of hydrogen-bond donors (Lipinski definition) is 1. The molecule has 172 valence electrons. The number of carbonyl (C=O) groups is 2. The number of carbonyl (C=O) groups excluding carboxylic acids is 2. The largest absolute Gasteiger partial charge is 0.494 e. The van der Waals surface area contributed by atoms with Gasteiger partial charge in [-0.2, -0.15) is 0 Å². The predicted molar refractivity (Wildman–Crippen MR) is 129 cm³/mol. The van der Waals surface area contributed by atoms with Crippen LogP contribution in [-0.2, 0) is 9.59 Å². The number of nitrogens with zero attached hydrogens (tertiary/aromatic N) is 2. The van der Waals surface area contributed by atoms with E-state index in [1.54, 1.807) is 23.6 Å². The van der Waals surface area contributed by atoms with E-state index in [-0.39, 0.29) is 17.5 Å². The topological polar surface area (TPSA) is 71.5 Å². The average Bonchev–Trinajstić information content (AvgIpc) is 3.25. The van der Waals surface area contributed by atoms with Crippen molar-refractivity contribution in [3.8, 4) is 5.75 Å². The third kappa shape index (κ3) is 7.25. The molecule has 1 N–H and O–H groups in total. The Kier molecular flexibility index (Phi) is 8.71. The lowest BCUT2D eigenvalue weighted by molar-refractivity contribution is -0.117. The van der Waals surface area contributed by atoms with Crippen molar-refractivity contribution in [2.45, 2.75) is 26.7 Å². The number of para-hydroxylation sites is 1. The van der Waals surface area contributed by atoms with E-state index in [1.807, 2.05) is 31.2 Å². The predicted octanol–water partition coefficient (Wildman–Crippen LogP) is 5.26. The van der Waals surface area contributed by atoms with Crippen LogP contribution in [0.1, 0.15) is 31.0 Å². The minimum Gasteiger partial charge on any atom is -0.494 e. The van der Waals surface area contributed by atoms with Gasteiger partial charge in [0.15, 0.2) is 5.13 Å². The molecule has 0 aliphatic carbocycles. The van der Waals surface area contributed by atoms with E-state index in [0.29, 0.717) is 24.0 Å². The summed E-state index contributed by atoms with van der Waals surface area (Å²) < 4.78 is 19.8. The molecule has 0 atom stereocenters. The molecule has 0 radical (unpaired) electrons. The first kappa shape index (κ1) is 24.1. The molecule has 1 aromatic heterocycles. The molecular formula is C25H26FN3O3S. The third-order valence-corrected chi connectivity index (χ3v) is 5.52. The summed E-state index contributed by atoms with van der Waals surface area (Å²) in [6.07, 6.45) is 4.57. The van der Waals surface area contributed by atoms with Gasteiger partial charge in [-0.25, -0.2) is 9.37 Å². The lowest BCUT2D eigenvalue weighted by Gasteiger charge is -2.18. The zero-order valence-electron chi connectivity index (χ0n) is 18.6. The van der Waals surface area contributed by atoms with Crippen LogP contribution in [0.5, 0.6) is 5.75 Å². The fraction of sp³-hybridized carbons (Fsp3) is 0.240. The minimum absolute atomic E-state index is 0.138. The zero-order valence-corrected chi connectivity index (χ0v) is 19.4. The van der Waals surface area contributed by atoms with E-state index in [9.17, 15) is 14.0 Å². The van der Waals surface area contributed by atoms with Gasteiger partial charge in [-0.05, 0) is 50.1 Å². The smallest absolute Gasteiger partial charge is 0.244 e. The highest BCUT2D eigenvalue weighted by Crippen LogP contribution is 2.30. The second-order valence-electron chi connectivity index (χ2n) is 7.35. The summed E-state index contributed by atoms with van der Waals surface area (Å²) in [5.41, 5.74) is 1.84. The zero-order chi connectivity index (χ0) is 23.6. The highest BCUT2D eigenvalue weighted by Gasteiger charge is 2.20. The van der Waals surface area contributed by atoms with Crippen LogP contribution in [0.15, 0.2) is 60.0 Å². The van der Waals surface area contributed by atoms with Gasteiger partial charge in [0.25, 0.3) is 0 Å².